The van der Waals surface area contributed by atoms with Crippen molar-refractivity contribution in [3.63, 3.8) is 0 Å². The molecule has 1 aromatic rings. The fourth-order valence-corrected chi connectivity index (χ4v) is 2.30. The molecule has 0 radical (unpaired) electrons. The van der Waals surface area contributed by atoms with Crippen LogP contribution in [0.1, 0.15) is 40.0 Å². The highest BCUT2D eigenvalue weighted by Crippen LogP contribution is 2.43. The average molecular weight is 262 g/mol. The van der Waals surface area contributed by atoms with Gasteiger partial charge in [-0.15, -0.1) is 0 Å². The van der Waals surface area contributed by atoms with Crippen LogP contribution in [0.2, 0.25) is 0 Å². The minimum Gasteiger partial charge on any atom is -0.490 e. The monoisotopic (exact) mass is 262 g/mol. The first-order chi connectivity index (χ1) is 9.11. The molecule has 104 valence electrons. The molecule has 3 nitrogen and oxygen atoms in total. The van der Waals surface area contributed by atoms with Gasteiger partial charge < -0.3 is 9.47 Å². The lowest BCUT2D eigenvalue weighted by Gasteiger charge is -2.44. The highest BCUT2D eigenvalue weighted by Gasteiger charge is 2.51. The highest BCUT2D eigenvalue weighted by atomic mass is 16.5. The Morgan fingerprint density at radius 2 is 1.95 bits per heavy atom. The molecule has 2 rings (SSSR count). The van der Waals surface area contributed by atoms with Crippen LogP contribution in [0.15, 0.2) is 24.3 Å². The number of ketones is 1. The summed E-state index contributed by atoms with van der Waals surface area (Å²) in [6, 6.07) is 7.68. The van der Waals surface area contributed by atoms with Crippen molar-refractivity contribution in [1.29, 1.82) is 0 Å². The van der Waals surface area contributed by atoms with E-state index in [0.717, 1.165) is 24.3 Å². The van der Waals surface area contributed by atoms with E-state index in [0.29, 0.717) is 18.8 Å². The lowest BCUT2D eigenvalue weighted by molar-refractivity contribution is -0.150. The number of carbonyl (C=O) groups is 1. The van der Waals surface area contributed by atoms with Crippen LogP contribution in [0.4, 0.5) is 0 Å². The number of hydrogen-bond acceptors (Lipinski definition) is 3. The van der Waals surface area contributed by atoms with Gasteiger partial charge in [0.1, 0.15) is 11.9 Å². The molecule has 1 aliphatic carbocycles. The molecule has 1 saturated carbocycles. The molecule has 0 N–H and O–H groups in total. The molecule has 0 bridgehead atoms. The Hall–Kier alpha value is -1.51. The summed E-state index contributed by atoms with van der Waals surface area (Å²) in [6.07, 6.45) is 2.25. The van der Waals surface area contributed by atoms with Gasteiger partial charge in [-0.25, -0.2) is 0 Å². The van der Waals surface area contributed by atoms with Crippen LogP contribution in [0.3, 0.4) is 0 Å². The van der Waals surface area contributed by atoms with Crippen molar-refractivity contribution in [3.8, 4) is 11.5 Å². The predicted molar refractivity (Wildman–Crippen MR) is 74.7 cm³/mol. The first kappa shape index (κ1) is 13.9. The zero-order valence-electron chi connectivity index (χ0n) is 11.9. The zero-order chi connectivity index (χ0) is 13.9. The van der Waals surface area contributed by atoms with Gasteiger partial charge in [-0.3, -0.25) is 4.79 Å². The standard InChI is InChI=1S/C16H22O3/c1-4-10-18-12-8-6-7-9-13(12)19-15-11-14(17)16(15,3)5-2/h6-9,15H,4-5,10-11H2,1-3H3. The summed E-state index contributed by atoms with van der Waals surface area (Å²) in [5.41, 5.74) is -0.335. The van der Waals surface area contributed by atoms with Gasteiger partial charge in [-0.2, -0.15) is 0 Å². The lowest BCUT2D eigenvalue weighted by Crippen LogP contribution is -2.54. The third kappa shape index (κ3) is 2.60. The topological polar surface area (TPSA) is 35.5 Å². The number of Topliss-reactive ketones (excluding diaryl/α,β-unsaturated/α-hetero) is 1. The number of rotatable bonds is 6. The van der Waals surface area contributed by atoms with Gasteiger partial charge in [-0.1, -0.05) is 26.0 Å². The Morgan fingerprint density at radius 1 is 1.26 bits per heavy atom. The van der Waals surface area contributed by atoms with E-state index in [1.807, 2.05) is 38.1 Å². The van der Waals surface area contributed by atoms with E-state index in [9.17, 15) is 4.79 Å². The average Bonchev–Trinajstić information content (AvgIpc) is 2.45. The molecule has 2 atom stereocenters. The molecule has 0 aliphatic heterocycles. The molecule has 0 aromatic heterocycles. The molecule has 1 fully saturated rings. The fourth-order valence-electron chi connectivity index (χ4n) is 2.30. The smallest absolute Gasteiger partial charge is 0.161 e. The Labute approximate surface area is 114 Å². The summed E-state index contributed by atoms with van der Waals surface area (Å²) < 4.78 is 11.7. The molecule has 0 amide bonds. The second-order valence-corrected chi connectivity index (χ2v) is 5.30. The Bertz CT molecular complexity index is 455. The molecule has 0 saturated heterocycles. The normalized spacial score (nSPS) is 25.8. The Morgan fingerprint density at radius 3 is 2.53 bits per heavy atom. The van der Waals surface area contributed by atoms with Crippen molar-refractivity contribution in [2.75, 3.05) is 6.61 Å². The lowest BCUT2D eigenvalue weighted by atomic mass is 9.64. The van der Waals surface area contributed by atoms with E-state index >= 15 is 0 Å². The maximum atomic E-state index is 11.7. The van der Waals surface area contributed by atoms with E-state index < -0.39 is 0 Å². The van der Waals surface area contributed by atoms with Gasteiger partial charge in [0.05, 0.1) is 12.0 Å². The van der Waals surface area contributed by atoms with Crippen LogP contribution >= 0.6 is 0 Å². The van der Waals surface area contributed by atoms with Crippen LogP contribution in [0.5, 0.6) is 11.5 Å². The van der Waals surface area contributed by atoms with E-state index in [1.165, 1.54) is 0 Å². The summed E-state index contributed by atoms with van der Waals surface area (Å²) in [6.45, 7) is 6.77. The van der Waals surface area contributed by atoms with Crippen molar-refractivity contribution < 1.29 is 14.3 Å². The SMILES string of the molecule is CCCOc1ccccc1OC1CC(=O)C1(C)CC. The van der Waals surface area contributed by atoms with Gasteiger partial charge in [0.2, 0.25) is 0 Å². The van der Waals surface area contributed by atoms with E-state index in [2.05, 4.69) is 6.92 Å². The molecule has 0 spiro atoms. The summed E-state index contributed by atoms with van der Waals surface area (Å²) in [5, 5.41) is 0. The van der Waals surface area contributed by atoms with Crippen molar-refractivity contribution in [2.24, 2.45) is 5.41 Å². The van der Waals surface area contributed by atoms with Gasteiger partial charge >= 0.3 is 0 Å². The number of benzene rings is 1. The summed E-state index contributed by atoms with van der Waals surface area (Å²) in [4.78, 5) is 11.7. The van der Waals surface area contributed by atoms with Crippen LogP contribution < -0.4 is 9.47 Å². The van der Waals surface area contributed by atoms with E-state index in [4.69, 9.17) is 9.47 Å². The minimum absolute atomic E-state index is 0.0311. The molecule has 1 aromatic carbocycles. The largest absolute Gasteiger partial charge is 0.490 e. The summed E-state index contributed by atoms with van der Waals surface area (Å²) in [5.74, 6) is 1.81. The van der Waals surface area contributed by atoms with Crippen LogP contribution in [-0.2, 0) is 4.79 Å². The minimum atomic E-state index is -0.335. The van der Waals surface area contributed by atoms with Gasteiger partial charge in [0, 0.05) is 6.42 Å². The number of para-hydroxylation sites is 2. The quantitative estimate of drug-likeness (QED) is 0.785. The van der Waals surface area contributed by atoms with E-state index in [-0.39, 0.29) is 11.5 Å². The van der Waals surface area contributed by atoms with Crippen molar-refractivity contribution in [3.05, 3.63) is 24.3 Å². The van der Waals surface area contributed by atoms with Crippen molar-refractivity contribution in [2.45, 2.75) is 46.1 Å². The third-order valence-electron chi connectivity index (χ3n) is 4.03. The molecule has 0 heterocycles. The Balaban J connectivity index is 2.09. The second kappa shape index (κ2) is 5.64. The molecule has 19 heavy (non-hydrogen) atoms. The Kier molecular flexibility index (Phi) is 4.13. The second-order valence-electron chi connectivity index (χ2n) is 5.30. The molecule has 1 aliphatic rings. The van der Waals surface area contributed by atoms with Crippen molar-refractivity contribution >= 4 is 5.78 Å². The number of hydrogen-bond donors (Lipinski definition) is 0. The predicted octanol–water partition coefficient (Wildman–Crippen LogP) is 3.61. The van der Waals surface area contributed by atoms with Gasteiger partial charge in [0.25, 0.3) is 0 Å². The van der Waals surface area contributed by atoms with Crippen molar-refractivity contribution in [1.82, 2.24) is 0 Å². The molecular weight excluding hydrogens is 240 g/mol. The van der Waals surface area contributed by atoms with E-state index in [1.54, 1.807) is 0 Å². The van der Waals surface area contributed by atoms with Gasteiger partial charge in [0.15, 0.2) is 11.5 Å². The molecular formula is C16H22O3. The highest BCUT2D eigenvalue weighted by molar-refractivity contribution is 5.92. The summed E-state index contributed by atoms with van der Waals surface area (Å²) in [7, 11) is 0. The fraction of sp³-hybridized carbons (Fsp3) is 0.562. The number of ether oxygens (including phenoxy) is 2. The third-order valence-corrected chi connectivity index (χ3v) is 4.03. The first-order valence-corrected chi connectivity index (χ1v) is 7.03. The summed E-state index contributed by atoms with van der Waals surface area (Å²) >= 11 is 0. The number of carbonyl (C=O) groups excluding carboxylic acids is 1. The maximum absolute atomic E-state index is 11.7. The molecule has 3 heteroatoms. The zero-order valence-corrected chi connectivity index (χ0v) is 11.9. The van der Waals surface area contributed by atoms with Crippen LogP contribution in [-0.4, -0.2) is 18.5 Å². The van der Waals surface area contributed by atoms with Gasteiger partial charge in [-0.05, 0) is 31.9 Å². The van der Waals surface area contributed by atoms with Crippen LogP contribution in [0.25, 0.3) is 0 Å². The molecule has 2 unspecified atom stereocenters. The maximum Gasteiger partial charge on any atom is 0.161 e. The van der Waals surface area contributed by atoms with Crippen LogP contribution in [0, 0.1) is 5.41 Å². The first-order valence-electron chi connectivity index (χ1n) is 7.03.